The number of benzene rings is 1. The minimum atomic E-state index is -0.891. The molecule has 7 heteroatoms. The minimum absolute atomic E-state index is 0.352. The summed E-state index contributed by atoms with van der Waals surface area (Å²) >= 11 is 3.17. The predicted molar refractivity (Wildman–Crippen MR) is 81.1 cm³/mol. The van der Waals surface area contributed by atoms with Gasteiger partial charge in [-0.05, 0) is 53.9 Å². The molecule has 2 N–H and O–H groups in total. The third-order valence-electron chi connectivity index (χ3n) is 3.73. The van der Waals surface area contributed by atoms with Gasteiger partial charge in [-0.3, -0.25) is 9.59 Å². The van der Waals surface area contributed by atoms with Gasteiger partial charge in [0.15, 0.2) is 6.10 Å². The van der Waals surface area contributed by atoms with Gasteiger partial charge in [-0.25, -0.2) is 4.39 Å². The summed E-state index contributed by atoms with van der Waals surface area (Å²) in [5.74, 6) is -1.88. The second kappa shape index (κ2) is 7.09. The number of aliphatic carboxylic acids is 1. The van der Waals surface area contributed by atoms with Crippen molar-refractivity contribution in [1.29, 1.82) is 0 Å². The smallest absolute Gasteiger partial charge is 0.308 e. The Balaban J connectivity index is 1.96. The van der Waals surface area contributed by atoms with Crippen LogP contribution in [0.4, 0.5) is 4.39 Å². The number of hydrogen-bond donors (Lipinski definition) is 2. The average molecular weight is 374 g/mol. The van der Waals surface area contributed by atoms with Crippen LogP contribution in [-0.4, -0.2) is 29.1 Å². The zero-order valence-corrected chi connectivity index (χ0v) is 13.6. The summed E-state index contributed by atoms with van der Waals surface area (Å²) in [5, 5.41) is 11.8. The van der Waals surface area contributed by atoms with E-state index in [4.69, 9.17) is 9.84 Å². The number of carbonyl (C=O) groups excluding carboxylic acids is 1. The first kappa shape index (κ1) is 16.7. The maximum absolute atomic E-state index is 13.0. The summed E-state index contributed by atoms with van der Waals surface area (Å²) in [6.45, 7) is 1.57. The Morgan fingerprint density at radius 1 is 1.45 bits per heavy atom. The normalized spacial score (nSPS) is 22.1. The SMILES string of the molecule is CC(Oc1ccc(F)cc1Br)C(=O)N[C@@H]1CCC[C@@H]1C(=O)O. The van der Waals surface area contributed by atoms with Crippen molar-refractivity contribution >= 4 is 27.8 Å². The fourth-order valence-corrected chi connectivity index (χ4v) is 2.99. The predicted octanol–water partition coefficient (Wildman–Crippen LogP) is 2.73. The number of carboxylic acid groups (broad SMARTS) is 1. The fourth-order valence-electron chi connectivity index (χ4n) is 2.54. The first-order valence-corrected chi connectivity index (χ1v) is 7.82. The Labute approximate surface area is 136 Å². The first-order valence-electron chi connectivity index (χ1n) is 7.03. The molecule has 0 spiro atoms. The summed E-state index contributed by atoms with van der Waals surface area (Å²) in [5.41, 5.74) is 0. The molecule has 1 fully saturated rings. The highest BCUT2D eigenvalue weighted by molar-refractivity contribution is 9.10. The van der Waals surface area contributed by atoms with Crippen LogP contribution in [0.1, 0.15) is 26.2 Å². The lowest BCUT2D eigenvalue weighted by Gasteiger charge is -2.21. The van der Waals surface area contributed by atoms with Gasteiger partial charge in [0.1, 0.15) is 11.6 Å². The summed E-state index contributed by atoms with van der Waals surface area (Å²) in [4.78, 5) is 23.2. The van der Waals surface area contributed by atoms with Crippen LogP contribution in [0.2, 0.25) is 0 Å². The molecule has 0 aromatic heterocycles. The van der Waals surface area contributed by atoms with Gasteiger partial charge in [-0.15, -0.1) is 0 Å². The molecule has 1 aromatic carbocycles. The van der Waals surface area contributed by atoms with Crippen molar-refractivity contribution in [2.75, 3.05) is 0 Å². The highest BCUT2D eigenvalue weighted by Gasteiger charge is 2.34. The topological polar surface area (TPSA) is 75.6 Å². The van der Waals surface area contributed by atoms with Crippen molar-refractivity contribution in [2.45, 2.75) is 38.3 Å². The van der Waals surface area contributed by atoms with E-state index < -0.39 is 23.8 Å². The van der Waals surface area contributed by atoms with Crippen molar-refractivity contribution < 1.29 is 23.8 Å². The molecular formula is C15H17BrFNO4. The molecule has 0 radical (unpaired) electrons. The van der Waals surface area contributed by atoms with Crippen molar-refractivity contribution in [2.24, 2.45) is 5.92 Å². The Morgan fingerprint density at radius 3 is 2.82 bits per heavy atom. The molecule has 1 saturated carbocycles. The molecule has 0 bridgehead atoms. The van der Waals surface area contributed by atoms with Crippen molar-refractivity contribution in [3.8, 4) is 5.75 Å². The van der Waals surface area contributed by atoms with E-state index in [-0.39, 0.29) is 11.9 Å². The van der Waals surface area contributed by atoms with Gasteiger partial charge < -0.3 is 15.2 Å². The maximum atomic E-state index is 13.0. The number of hydrogen-bond acceptors (Lipinski definition) is 3. The van der Waals surface area contributed by atoms with Crippen molar-refractivity contribution in [3.63, 3.8) is 0 Å². The van der Waals surface area contributed by atoms with Crippen LogP contribution in [0.15, 0.2) is 22.7 Å². The molecule has 1 unspecified atom stereocenters. The Hall–Kier alpha value is -1.63. The van der Waals surface area contributed by atoms with Gasteiger partial charge in [-0.1, -0.05) is 6.42 Å². The standard InChI is InChI=1S/C15H17BrFNO4/c1-8(22-13-6-5-9(17)7-11(13)16)14(19)18-12-4-2-3-10(12)15(20)21/h5-8,10,12H,2-4H2,1H3,(H,18,19)(H,20,21)/t8?,10-,12+/m0/s1. The highest BCUT2D eigenvalue weighted by Crippen LogP contribution is 2.28. The quantitative estimate of drug-likeness (QED) is 0.831. The number of amides is 1. The molecule has 120 valence electrons. The second-order valence-electron chi connectivity index (χ2n) is 5.33. The van der Waals surface area contributed by atoms with Crippen LogP contribution in [0.25, 0.3) is 0 Å². The lowest BCUT2D eigenvalue weighted by molar-refractivity contribution is -0.142. The average Bonchev–Trinajstić information content (AvgIpc) is 2.90. The van der Waals surface area contributed by atoms with E-state index in [0.29, 0.717) is 23.1 Å². The second-order valence-corrected chi connectivity index (χ2v) is 6.18. The molecule has 22 heavy (non-hydrogen) atoms. The monoisotopic (exact) mass is 373 g/mol. The van der Waals surface area contributed by atoms with Crippen LogP contribution in [0, 0.1) is 11.7 Å². The lowest BCUT2D eigenvalue weighted by atomic mass is 10.0. The molecule has 1 aromatic rings. The zero-order chi connectivity index (χ0) is 16.3. The number of nitrogens with one attached hydrogen (secondary N) is 1. The molecule has 0 saturated heterocycles. The van der Waals surface area contributed by atoms with Crippen LogP contribution < -0.4 is 10.1 Å². The first-order chi connectivity index (χ1) is 10.4. The number of carboxylic acids is 1. The molecule has 0 heterocycles. The molecular weight excluding hydrogens is 357 g/mol. The van der Waals surface area contributed by atoms with E-state index in [9.17, 15) is 14.0 Å². The number of halogens is 2. The van der Waals surface area contributed by atoms with Crippen LogP contribution >= 0.6 is 15.9 Å². The molecule has 3 atom stereocenters. The third-order valence-corrected chi connectivity index (χ3v) is 4.35. The van der Waals surface area contributed by atoms with Crippen LogP contribution in [-0.2, 0) is 9.59 Å². The molecule has 1 amide bonds. The van der Waals surface area contributed by atoms with Gasteiger partial charge in [-0.2, -0.15) is 0 Å². The van der Waals surface area contributed by atoms with Crippen molar-refractivity contribution in [3.05, 3.63) is 28.5 Å². The fraction of sp³-hybridized carbons (Fsp3) is 0.467. The summed E-state index contributed by atoms with van der Waals surface area (Å²) in [6, 6.07) is 3.55. The van der Waals surface area contributed by atoms with E-state index in [1.54, 1.807) is 6.92 Å². The summed E-state index contributed by atoms with van der Waals surface area (Å²) in [6.07, 6.45) is 1.19. The van der Waals surface area contributed by atoms with E-state index >= 15 is 0 Å². The third kappa shape index (κ3) is 3.97. The van der Waals surface area contributed by atoms with E-state index in [1.165, 1.54) is 18.2 Å². The molecule has 0 aliphatic heterocycles. The number of ether oxygens (including phenoxy) is 1. The van der Waals surface area contributed by atoms with E-state index in [2.05, 4.69) is 21.2 Å². The maximum Gasteiger partial charge on any atom is 0.308 e. The molecule has 1 aliphatic rings. The van der Waals surface area contributed by atoms with E-state index in [1.807, 2.05) is 0 Å². The largest absolute Gasteiger partial charge is 0.481 e. The van der Waals surface area contributed by atoms with Gasteiger partial charge in [0.2, 0.25) is 0 Å². The Morgan fingerprint density at radius 2 is 2.18 bits per heavy atom. The van der Waals surface area contributed by atoms with Crippen LogP contribution in [0.3, 0.4) is 0 Å². The number of carbonyl (C=O) groups is 2. The Bertz CT molecular complexity index is 581. The van der Waals surface area contributed by atoms with Gasteiger partial charge in [0.25, 0.3) is 5.91 Å². The molecule has 5 nitrogen and oxygen atoms in total. The Kier molecular flexibility index (Phi) is 5.39. The van der Waals surface area contributed by atoms with Gasteiger partial charge >= 0.3 is 5.97 Å². The lowest BCUT2D eigenvalue weighted by Crippen LogP contribution is -2.45. The molecule has 1 aliphatic carbocycles. The van der Waals surface area contributed by atoms with Crippen molar-refractivity contribution in [1.82, 2.24) is 5.32 Å². The number of rotatable bonds is 5. The summed E-state index contributed by atoms with van der Waals surface area (Å²) in [7, 11) is 0. The zero-order valence-electron chi connectivity index (χ0n) is 12.0. The molecule has 2 rings (SSSR count). The summed E-state index contributed by atoms with van der Waals surface area (Å²) < 4.78 is 18.9. The van der Waals surface area contributed by atoms with Gasteiger partial charge in [0, 0.05) is 6.04 Å². The van der Waals surface area contributed by atoms with Gasteiger partial charge in [0.05, 0.1) is 10.4 Å². The minimum Gasteiger partial charge on any atom is -0.481 e. The van der Waals surface area contributed by atoms with E-state index in [0.717, 1.165) is 6.42 Å². The highest BCUT2D eigenvalue weighted by atomic mass is 79.9. The van der Waals surface area contributed by atoms with Crippen LogP contribution in [0.5, 0.6) is 5.75 Å².